The summed E-state index contributed by atoms with van der Waals surface area (Å²) in [6, 6.07) is 8.76. The Morgan fingerprint density at radius 2 is 2.05 bits per heavy atom. The molecular weight excluding hydrogens is 317 g/mol. The third-order valence-corrected chi connectivity index (χ3v) is 4.17. The highest BCUT2D eigenvalue weighted by Gasteiger charge is 2.24. The molecule has 2 aromatic rings. The fourth-order valence-electron chi connectivity index (χ4n) is 1.67. The Morgan fingerprint density at radius 3 is 2.75 bits per heavy atom. The SMILES string of the molecule is O=C1OC(c2ccc(Cl)c(Cl)c2)=N/C1=C/c1cccs1. The first-order chi connectivity index (χ1) is 9.63. The maximum absolute atomic E-state index is 11.8. The van der Waals surface area contributed by atoms with Gasteiger partial charge in [-0.3, -0.25) is 0 Å². The van der Waals surface area contributed by atoms with E-state index in [0.29, 0.717) is 15.6 Å². The van der Waals surface area contributed by atoms with Crippen LogP contribution in [0.3, 0.4) is 0 Å². The van der Waals surface area contributed by atoms with Crippen LogP contribution in [0.1, 0.15) is 10.4 Å². The summed E-state index contributed by atoms with van der Waals surface area (Å²) in [5.74, 6) is -0.240. The van der Waals surface area contributed by atoms with Crippen molar-refractivity contribution < 1.29 is 9.53 Å². The number of hydrogen-bond donors (Lipinski definition) is 0. The zero-order valence-corrected chi connectivity index (χ0v) is 12.3. The lowest BCUT2D eigenvalue weighted by molar-refractivity contribution is -0.129. The van der Waals surface area contributed by atoms with Gasteiger partial charge in [0.25, 0.3) is 0 Å². The van der Waals surface area contributed by atoms with Crippen LogP contribution in [0.5, 0.6) is 0 Å². The molecule has 2 heterocycles. The van der Waals surface area contributed by atoms with Crippen LogP contribution in [0.4, 0.5) is 0 Å². The van der Waals surface area contributed by atoms with Gasteiger partial charge in [0.05, 0.1) is 10.0 Å². The summed E-state index contributed by atoms with van der Waals surface area (Å²) in [7, 11) is 0. The van der Waals surface area contributed by atoms with E-state index in [1.165, 1.54) is 11.3 Å². The molecule has 20 heavy (non-hydrogen) atoms. The van der Waals surface area contributed by atoms with Crippen LogP contribution in [-0.4, -0.2) is 11.9 Å². The summed E-state index contributed by atoms with van der Waals surface area (Å²) in [5, 5.41) is 2.75. The lowest BCUT2D eigenvalue weighted by atomic mass is 10.2. The second kappa shape index (κ2) is 5.40. The Bertz CT molecular complexity index is 736. The van der Waals surface area contributed by atoms with E-state index in [1.807, 2.05) is 17.5 Å². The summed E-state index contributed by atoms with van der Waals surface area (Å²) >= 11 is 13.3. The van der Waals surface area contributed by atoms with E-state index < -0.39 is 5.97 Å². The van der Waals surface area contributed by atoms with E-state index in [2.05, 4.69) is 4.99 Å². The number of hydrogen-bond acceptors (Lipinski definition) is 4. The number of carbonyl (C=O) groups excluding carboxylic acids is 1. The van der Waals surface area contributed by atoms with Crippen molar-refractivity contribution in [1.82, 2.24) is 0 Å². The lowest BCUT2D eigenvalue weighted by Crippen LogP contribution is -2.05. The summed E-state index contributed by atoms with van der Waals surface area (Å²) < 4.78 is 5.15. The molecule has 0 amide bonds. The Labute approximate surface area is 129 Å². The Balaban J connectivity index is 1.96. The molecule has 0 N–H and O–H groups in total. The van der Waals surface area contributed by atoms with Gasteiger partial charge in [-0.2, -0.15) is 0 Å². The van der Waals surface area contributed by atoms with E-state index in [1.54, 1.807) is 24.3 Å². The minimum absolute atomic E-state index is 0.233. The summed E-state index contributed by atoms with van der Waals surface area (Å²) in [4.78, 5) is 16.9. The molecule has 0 bridgehead atoms. The lowest BCUT2D eigenvalue weighted by Gasteiger charge is -2.01. The van der Waals surface area contributed by atoms with Crippen molar-refractivity contribution in [1.29, 1.82) is 0 Å². The number of rotatable bonds is 2. The van der Waals surface area contributed by atoms with Gasteiger partial charge >= 0.3 is 5.97 Å². The first-order valence-electron chi connectivity index (χ1n) is 5.65. The molecule has 0 spiro atoms. The summed E-state index contributed by atoms with van der Waals surface area (Å²) in [5.41, 5.74) is 0.885. The Morgan fingerprint density at radius 1 is 1.20 bits per heavy atom. The van der Waals surface area contributed by atoms with Gasteiger partial charge in [-0.15, -0.1) is 11.3 Å². The maximum Gasteiger partial charge on any atom is 0.363 e. The molecule has 0 unspecified atom stereocenters. The largest absolute Gasteiger partial charge is 0.402 e. The highest BCUT2D eigenvalue weighted by molar-refractivity contribution is 7.10. The average Bonchev–Trinajstić information content (AvgIpc) is 3.04. The molecule has 3 rings (SSSR count). The molecule has 1 aliphatic heterocycles. The predicted octanol–water partition coefficient (Wildman–Crippen LogP) is 4.40. The van der Waals surface area contributed by atoms with Crippen molar-refractivity contribution in [2.45, 2.75) is 0 Å². The summed E-state index contributed by atoms with van der Waals surface area (Å²) in [6.07, 6.45) is 1.69. The van der Waals surface area contributed by atoms with E-state index >= 15 is 0 Å². The molecular formula is C14H7Cl2NO2S. The monoisotopic (exact) mass is 323 g/mol. The van der Waals surface area contributed by atoms with E-state index in [9.17, 15) is 4.79 Å². The molecule has 0 aliphatic carbocycles. The van der Waals surface area contributed by atoms with Crippen LogP contribution in [0.2, 0.25) is 10.0 Å². The van der Waals surface area contributed by atoms with Crippen molar-refractivity contribution >= 4 is 52.5 Å². The van der Waals surface area contributed by atoms with Crippen LogP contribution in [0, 0.1) is 0 Å². The number of nitrogens with zero attached hydrogens (tertiary/aromatic N) is 1. The second-order valence-electron chi connectivity index (χ2n) is 3.98. The van der Waals surface area contributed by atoms with Gasteiger partial charge < -0.3 is 4.74 Å². The average molecular weight is 324 g/mol. The minimum atomic E-state index is -0.473. The highest BCUT2D eigenvalue weighted by atomic mass is 35.5. The zero-order valence-electron chi connectivity index (χ0n) is 9.97. The first-order valence-corrected chi connectivity index (χ1v) is 7.28. The van der Waals surface area contributed by atoms with Crippen molar-refractivity contribution in [2.24, 2.45) is 4.99 Å². The minimum Gasteiger partial charge on any atom is -0.402 e. The van der Waals surface area contributed by atoms with Gasteiger partial charge in [-0.25, -0.2) is 9.79 Å². The fourth-order valence-corrected chi connectivity index (χ4v) is 2.62. The third-order valence-electron chi connectivity index (χ3n) is 2.61. The predicted molar refractivity (Wildman–Crippen MR) is 81.4 cm³/mol. The van der Waals surface area contributed by atoms with Crippen LogP contribution in [-0.2, 0) is 9.53 Å². The fraction of sp³-hybridized carbons (Fsp3) is 0. The van der Waals surface area contributed by atoms with Crippen LogP contribution < -0.4 is 0 Å². The van der Waals surface area contributed by atoms with Crippen molar-refractivity contribution in [2.75, 3.05) is 0 Å². The molecule has 100 valence electrons. The molecule has 0 saturated heterocycles. The van der Waals surface area contributed by atoms with Gasteiger partial charge in [0.15, 0.2) is 5.70 Å². The van der Waals surface area contributed by atoms with Gasteiger partial charge in [0, 0.05) is 10.4 Å². The third kappa shape index (κ3) is 2.63. The van der Waals surface area contributed by atoms with Crippen molar-refractivity contribution in [3.63, 3.8) is 0 Å². The zero-order chi connectivity index (χ0) is 14.1. The number of aliphatic imine (C=N–C) groups is 1. The molecule has 3 nitrogen and oxygen atoms in total. The van der Waals surface area contributed by atoms with Crippen molar-refractivity contribution in [3.8, 4) is 0 Å². The Kier molecular flexibility index (Phi) is 3.61. The standard InChI is InChI=1S/C14H7Cl2NO2S/c15-10-4-3-8(6-11(10)16)13-17-12(14(18)19-13)7-9-2-1-5-20-9/h1-7H/b12-7+. The van der Waals surface area contributed by atoms with E-state index in [0.717, 1.165) is 4.88 Å². The molecule has 0 fully saturated rings. The normalized spacial score (nSPS) is 16.4. The quantitative estimate of drug-likeness (QED) is 0.607. The number of halogens is 2. The summed E-state index contributed by atoms with van der Waals surface area (Å²) in [6.45, 7) is 0. The van der Waals surface area contributed by atoms with Gasteiger partial charge in [0.1, 0.15) is 0 Å². The molecule has 0 saturated carbocycles. The topological polar surface area (TPSA) is 38.7 Å². The smallest absolute Gasteiger partial charge is 0.363 e. The van der Waals surface area contributed by atoms with Gasteiger partial charge in [-0.05, 0) is 35.7 Å². The number of cyclic esters (lactones) is 1. The van der Waals surface area contributed by atoms with E-state index in [4.69, 9.17) is 27.9 Å². The number of thiophene rings is 1. The van der Waals surface area contributed by atoms with Crippen molar-refractivity contribution in [3.05, 3.63) is 61.9 Å². The highest BCUT2D eigenvalue weighted by Crippen LogP contribution is 2.26. The number of carbonyl (C=O) groups is 1. The van der Waals surface area contributed by atoms with Gasteiger partial charge in [-0.1, -0.05) is 29.3 Å². The molecule has 1 aliphatic rings. The molecule has 1 aromatic carbocycles. The maximum atomic E-state index is 11.8. The Hall–Kier alpha value is -1.62. The molecule has 0 atom stereocenters. The van der Waals surface area contributed by atoms with Crippen LogP contribution >= 0.6 is 34.5 Å². The number of ether oxygens (including phenoxy) is 1. The van der Waals surface area contributed by atoms with Crippen LogP contribution in [0.25, 0.3) is 6.08 Å². The number of esters is 1. The van der Waals surface area contributed by atoms with Gasteiger partial charge in [0.2, 0.25) is 5.90 Å². The van der Waals surface area contributed by atoms with Crippen LogP contribution in [0.15, 0.2) is 46.4 Å². The number of benzene rings is 1. The molecule has 1 aromatic heterocycles. The second-order valence-corrected chi connectivity index (χ2v) is 5.77. The molecule has 0 radical (unpaired) electrons. The van der Waals surface area contributed by atoms with E-state index in [-0.39, 0.29) is 11.6 Å². The molecule has 6 heteroatoms. The first kappa shape index (κ1) is 13.4.